The maximum atomic E-state index is 13.1. The van der Waals surface area contributed by atoms with Gasteiger partial charge in [0.1, 0.15) is 6.42 Å². The van der Waals surface area contributed by atoms with Crippen molar-refractivity contribution >= 4 is 17.7 Å². The molecule has 1 N–H and O–H groups in total. The lowest BCUT2D eigenvalue weighted by Gasteiger charge is -2.61. The van der Waals surface area contributed by atoms with E-state index in [-0.39, 0.29) is 36.0 Å². The van der Waals surface area contributed by atoms with E-state index in [1.54, 1.807) is 4.90 Å². The Balaban J connectivity index is 0.916. The van der Waals surface area contributed by atoms with E-state index in [4.69, 9.17) is 9.47 Å². The largest absolute Gasteiger partial charge is 0.353 e. The summed E-state index contributed by atoms with van der Waals surface area (Å²) in [6, 6.07) is 0.161. The average Bonchev–Trinajstić information content (AvgIpc) is 3.48. The van der Waals surface area contributed by atoms with Crippen molar-refractivity contribution in [2.75, 3.05) is 53.4 Å². The van der Waals surface area contributed by atoms with Gasteiger partial charge in [0, 0.05) is 44.6 Å². The van der Waals surface area contributed by atoms with Crippen molar-refractivity contribution < 1.29 is 23.9 Å². The summed E-state index contributed by atoms with van der Waals surface area (Å²) in [6.45, 7) is 13.2. The van der Waals surface area contributed by atoms with E-state index in [2.05, 4.69) is 33.0 Å². The smallest absolute Gasteiger partial charge is 0.236 e. The van der Waals surface area contributed by atoms with Crippen LogP contribution in [0, 0.1) is 52.3 Å². The maximum Gasteiger partial charge on any atom is 0.236 e. The molecule has 3 saturated heterocycles. The summed E-state index contributed by atoms with van der Waals surface area (Å²) < 4.78 is 13.5. The highest BCUT2D eigenvalue weighted by atomic mass is 16.7. The van der Waals surface area contributed by atoms with Gasteiger partial charge in [-0.25, -0.2) is 0 Å². The van der Waals surface area contributed by atoms with Crippen LogP contribution in [0.1, 0.15) is 98.3 Å². The van der Waals surface area contributed by atoms with Crippen LogP contribution in [-0.2, 0) is 23.9 Å². The highest BCUT2D eigenvalue weighted by Crippen LogP contribution is 2.71. The molecule has 12 atom stereocenters. The lowest BCUT2D eigenvalue weighted by Crippen LogP contribution is -2.56. The second-order valence-corrected chi connectivity index (χ2v) is 17.9. The molecule has 2 unspecified atom stereocenters. The standard InChI is InChI=1S/C38H62N4O5/c1-24-9-14-38(46-23-24)25(2)35-31(47-38)20-30-28-8-7-26-19-27(10-12-36(26,3)29(28)11-13-37(30,35)4)39-32(43)21-33(44)41-15-17-42(18-16-41)34(45)22-40(5)6/h24-31,35H,7-23H2,1-6H3,(H,39,43)/t24-,25-,26+,27?,28+,29?,30-,31-,35-,36-,37-,38+/m0/s1. The van der Waals surface area contributed by atoms with Crippen LogP contribution in [0.2, 0.25) is 0 Å². The molecule has 0 bridgehead atoms. The topological polar surface area (TPSA) is 91.4 Å². The molecule has 7 rings (SSSR count). The third-order valence-electron chi connectivity index (χ3n) is 15.0. The second-order valence-electron chi connectivity index (χ2n) is 17.9. The Labute approximate surface area is 283 Å². The molecule has 0 aromatic heterocycles. The van der Waals surface area contributed by atoms with Crippen molar-refractivity contribution in [2.24, 2.45) is 52.3 Å². The number of piperazine rings is 1. The van der Waals surface area contributed by atoms with Crippen LogP contribution in [0.4, 0.5) is 0 Å². The fourth-order valence-corrected chi connectivity index (χ4v) is 12.5. The van der Waals surface area contributed by atoms with Gasteiger partial charge >= 0.3 is 0 Å². The van der Waals surface area contributed by atoms with Gasteiger partial charge in [-0.2, -0.15) is 0 Å². The number of nitrogens with one attached hydrogen (secondary N) is 1. The first-order valence-electron chi connectivity index (χ1n) is 19.1. The zero-order valence-corrected chi connectivity index (χ0v) is 30.1. The van der Waals surface area contributed by atoms with Gasteiger partial charge in [0.05, 0.1) is 19.3 Å². The van der Waals surface area contributed by atoms with Crippen LogP contribution in [0.5, 0.6) is 0 Å². The first kappa shape index (κ1) is 33.8. The van der Waals surface area contributed by atoms with Crippen molar-refractivity contribution in [3.63, 3.8) is 0 Å². The van der Waals surface area contributed by atoms with Gasteiger partial charge in [0.15, 0.2) is 5.79 Å². The number of ether oxygens (including phenoxy) is 2. The van der Waals surface area contributed by atoms with Crippen molar-refractivity contribution in [1.29, 1.82) is 0 Å². The van der Waals surface area contributed by atoms with Crippen LogP contribution in [0.3, 0.4) is 0 Å². The van der Waals surface area contributed by atoms with Crippen molar-refractivity contribution in [2.45, 2.75) is 116 Å². The van der Waals surface area contributed by atoms with E-state index < -0.39 is 0 Å². The molecule has 0 aromatic carbocycles. The fourth-order valence-electron chi connectivity index (χ4n) is 12.5. The summed E-state index contributed by atoms with van der Waals surface area (Å²) in [5.74, 6) is 4.11. The van der Waals surface area contributed by atoms with Gasteiger partial charge in [0.25, 0.3) is 0 Å². The Bertz CT molecular complexity index is 1210. The van der Waals surface area contributed by atoms with Gasteiger partial charge in [-0.05, 0) is 118 Å². The Kier molecular flexibility index (Phi) is 9.03. The SMILES string of the molecule is C[C@H]1CC[C@@]2(OC1)O[C@H]1C[C@H]3[C@@H]4CC[C@@H]5CC(NC(=O)CC(=O)N6CCN(C(=O)CN(C)C)CC6)CC[C@]5(C)C4CC[C@]3(C)[C@H]1[C@@H]2C. The molecule has 7 aliphatic rings. The van der Waals surface area contributed by atoms with Crippen LogP contribution in [0.25, 0.3) is 0 Å². The van der Waals surface area contributed by atoms with Gasteiger partial charge in [-0.1, -0.05) is 27.7 Å². The predicted molar refractivity (Wildman–Crippen MR) is 180 cm³/mol. The minimum atomic E-state index is -0.342. The molecular weight excluding hydrogens is 592 g/mol. The number of hydrogen-bond acceptors (Lipinski definition) is 6. The first-order chi connectivity index (χ1) is 22.3. The van der Waals surface area contributed by atoms with Crippen molar-refractivity contribution in [3.8, 4) is 0 Å². The number of carbonyl (C=O) groups excluding carboxylic acids is 3. The van der Waals surface area contributed by atoms with E-state index in [1.807, 2.05) is 23.9 Å². The number of nitrogens with zero attached hydrogens (tertiary/aromatic N) is 3. The van der Waals surface area contributed by atoms with E-state index in [1.165, 1.54) is 44.9 Å². The highest BCUT2D eigenvalue weighted by Gasteiger charge is 2.69. The van der Waals surface area contributed by atoms with Crippen LogP contribution in [0.15, 0.2) is 0 Å². The molecule has 9 nitrogen and oxygen atoms in total. The Morgan fingerprint density at radius 1 is 0.830 bits per heavy atom. The molecular formula is C38H62N4O5. The number of rotatable bonds is 5. The summed E-state index contributed by atoms with van der Waals surface area (Å²) in [6.07, 6.45) is 12.1. The zero-order chi connectivity index (χ0) is 33.3. The minimum absolute atomic E-state index is 0.0900. The molecule has 264 valence electrons. The number of fused-ring (bicyclic) bond motifs is 7. The summed E-state index contributed by atoms with van der Waals surface area (Å²) >= 11 is 0. The Morgan fingerprint density at radius 2 is 1.53 bits per heavy atom. The fraction of sp³-hybridized carbons (Fsp3) is 0.921. The van der Waals surface area contributed by atoms with Crippen LogP contribution < -0.4 is 5.32 Å². The van der Waals surface area contributed by atoms with Gasteiger partial charge in [-0.15, -0.1) is 0 Å². The molecule has 0 radical (unpaired) electrons. The quantitative estimate of drug-likeness (QED) is 0.438. The summed E-state index contributed by atoms with van der Waals surface area (Å²) in [4.78, 5) is 43.9. The minimum Gasteiger partial charge on any atom is -0.353 e. The van der Waals surface area contributed by atoms with Crippen LogP contribution >= 0.6 is 0 Å². The molecule has 3 aliphatic heterocycles. The molecule has 1 spiro atoms. The Hall–Kier alpha value is -1.71. The van der Waals surface area contributed by atoms with Crippen molar-refractivity contribution in [1.82, 2.24) is 20.0 Å². The molecule has 47 heavy (non-hydrogen) atoms. The van der Waals surface area contributed by atoms with Gasteiger partial charge < -0.3 is 29.5 Å². The molecule has 0 aromatic rings. The molecule has 3 amide bonds. The molecule has 9 heteroatoms. The van der Waals surface area contributed by atoms with E-state index in [0.717, 1.165) is 43.6 Å². The summed E-state index contributed by atoms with van der Waals surface area (Å²) in [7, 11) is 3.77. The van der Waals surface area contributed by atoms with E-state index >= 15 is 0 Å². The molecule has 4 saturated carbocycles. The normalized spacial score (nSPS) is 46.1. The Morgan fingerprint density at radius 3 is 2.21 bits per heavy atom. The molecule has 4 aliphatic carbocycles. The zero-order valence-electron chi connectivity index (χ0n) is 30.1. The number of carbonyl (C=O) groups is 3. The van der Waals surface area contributed by atoms with Gasteiger partial charge in [-0.3, -0.25) is 14.4 Å². The highest BCUT2D eigenvalue weighted by molar-refractivity contribution is 5.97. The lowest BCUT2D eigenvalue weighted by molar-refractivity contribution is -0.273. The number of amides is 3. The average molecular weight is 655 g/mol. The van der Waals surface area contributed by atoms with Crippen LogP contribution in [-0.4, -0.2) is 104 Å². The summed E-state index contributed by atoms with van der Waals surface area (Å²) in [5, 5.41) is 3.28. The molecule has 3 heterocycles. The lowest BCUT2D eigenvalue weighted by atomic mass is 9.44. The predicted octanol–water partition coefficient (Wildman–Crippen LogP) is 4.54. The monoisotopic (exact) mass is 654 g/mol. The first-order valence-corrected chi connectivity index (χ1v) is 19.1. The maximum absolute atomic E-state index is 13.1. The molecule has 7 fully saturated rings. The third kappa shape index (κ3) is 5.86. The number of likely N-dealkylation sites (N-methyl/N-ethyl adjacent to an activating group) is 1. The van der Waals surface area contributed by atoms with Crippen molar-refractivity contribution in [3.05, 3.63) is 0 Å². The number of hydrogen-bond donors (Lipinski definition) is 1. The van der Waals surface area contributed by atoms with E-state index in [9.17, 15) is 14.4 Å². The summed E-state index contributed by atoms with van der Waals surface area (Å²) in [5.41, 5.74) is 0.676. The third-order valence-corrected chi connectivity index (χ3v) is 15.0. The second kappa shape index (κ2) is 12.6. The van der Waals surface area contributed by atoms with E-state index in [0.29, 0.717) is 73.3 Å². The van der Waals surface area contributed by atoms with Gasteiger partial charge in [0.2, 0.25) is 17.7 Å².